The molecule has 1 aromatic carbocycles. The van der Waals surface area contributed by atoms with E-state index in [1.807, 2.05) is 12.1 Å². The van der Waals surface area contributed by atoms with Crippen LogP contribution in [0.3, 0.4) is 0 Å². The molecule has 1 fully saturated rings. The van der Waals surface area contributed by atoms with Crippen LogP contribution >= 0.6 is 15.9 Å². The van der Waals surface area contributed by atoms with Gasteiger partial charge in [0, 0.05) is 22.6 Å². The van der Waals surface area contributed by atoms with Gasteiger partial charge in [0.25, 0.3) is 5.91 Å². The summed E-state index contributed by atoms with van der Waals surface area (Å²) in [7, 11) is 0. The third-order valence-corrected chi connectivity index (χ3v) is 5.16. The van der Waals surface area contributed by atoms with Crippen LogP contribution in [0.5, 0.6) is 0 Å². The number of carbonyl (C=O) groups is 1. The molecule has 0 bridgehead atoms. The summed E-state index contributed by atoms with van der Waals surface area (Å²) < 4.78 is 0.915. The van der Waals surface area contributed by atoms with Crippen molar-refractivity contribution < 1.29 is 4.79 Å². The Balaban J connectivity index is 1.72. The highest BCUT2D eigenvalue weighted by molar-refractivity contribution is 9.10. The number of carbonyl (C=O) groups excluding carboxylic acids is 1. The second-order valence-corrected chi connectivity index (χ2v) is 7.21. The van der Waals surface area contributed by atoms with Crippen LogP contribution in [-0.4, -0.2) is 28.5 Å². The molecule has 4 N–H and O–H groups in total. The van der Waals surface area contributed by atoms with Crippen LogP contribution < -0.4 is 21.5 Å². The van der Waals surface area contributed by atoms with E-state index in [1.54, 1.807) is 12.1 Å². The van der Waals surface area contributed by atoms with Crippen molar-refractivity contribution in [2.45, 2.75) is 38.6 Å². The maximum Gasteiger partial charge on any atom is 0.269 e. The molecule has 2 heterocycles. The Morgan fingerprint density at radius 1 is 1.31 bits per heavy atom. The molecule has 0 spiro atoms. The third-order valence-electron chi connectivity index (χ3n) is 4.63. The Morgan fingerprint density at radius 3 is 2.81 bits per heavy atom. The topological polar surface area (TPSA) is 96.2 Å². The molecule has 0 aliphatic carbocycles. The summed E-state index contributed by atoms with van der Waals surface area (Å²) in [6.07, 6.45) is 6.02. The van der Waals surface area contributed by atoms with E-state index in [1.165, 1.54) is 12.7 Å². The van der Waals surface area contributed by atoms with Crippen molar-refractivity contribution in [2.75, 3.05) is 22.6 Å². The summed E-state index contributed by atoms with van der Waals surface area (Å²) in [5.74, 6) is 0.870. The number of piperidine rings is 1. The smallest absolute Gasteiger partial charge is 0.269 e. The summed E-state index contributed by atoms with van der Waals surface area (Å²) in [6.45, 7) is 3.11. The molecular formula is C18H23BrN6O. The lowest BCUT2D eigenvalue weighted by Crippen LogP contribution is -2.40. The molecule has 1 aromatic heterocycles. The molecule has 7 nitrogen and oxygen atoms in total. The molecule has 0 radical (unpaired) electrons. The summed E-state index contributed by atoms with van der Waals surface area (Å²) in [5.41, 5.74) is 12.7. The molecule has 138 valence electrons. The molecule has 3 rings (SSSR count). The molecule has 1 aliphatic heterocycles. The maximum atomic E-state index is 12.2. The van der Waals surface area contributed by atoms with Crippen molar-refractivity contribution in [3.63, 3.8) is 0 Å². The quantitative estimate of drug-likeness (QED) is 0.644. The van der Waals surface area contributed by atoms with Crippen molar-refractivity contribution in [3.8, 4) is 0 Å². The van der Waals surface area contributed by atoms with Gasteiger partial charge < -0.3 is 10.6 Å². The van der Waals surface area contributed by atoms with Gasteiger partial charge in [-0.25, -0.2) is 9.97 Å². The van der Waals surface area contributed by atoms with Gasteiger partial charge in [-0.2, -0.15) is 0 Å². The first kappa shape index (κ1) is 18.4. The lowest BCUT2D eigenvalue weighted by atomic mass is 10.00. The van der Waals surface area contributed by atoms with E-state index in [0.717, 1.165) is 36.1 Å². The largest absolute Gasteiger partial charge is 0.393 e. The summed E-state index contributed by atoms with van der Waals surface area (Å²) in [4.78, 5) is 23.1. The van der Waals surface area contributed by atoms with Crippen LogP contribution in [-0.2, 0) is 0 Å². The summed E-state index contributed by atoms with van der Waals surface area (Å²) in [6, 6.07) is 7.53. The number of rotatable bonds is 5. The number of hydrazine groups is 1. The first-order valence-corrected chi connectivity index (χ1v) is 9.58. The second-order valence-electron chi connectivity index (χ2n) is 6.30. The predicted molar refractivity (Wildman–Crippen MR) is 107 cm³/mol. The van der Waals surface area contributed by atoms with Crippen LogP contribution in [0.15, 0.2) is 35.1 Å². The van der Waals surface area contributed by atoms with E-state index < -0.39 is 0 Å². The Bertz CT molecular complexity index is 767. The minimum atomic E-state index is -0.263. The normalized spacial score (nSPS) is 17.0. The Kier molecular flexibility index (Phi) is 5.92. The maximum absolute atomic E-state index is 12.2. The highest BCUT2D eigenvalue weighted by atomic mass is 79.9. The third kappa shape index (κ3) is 4.07. The minimum absolute atomic E-state index is 0.263. The number of anilines is 3. The number of amides is 1. The average molecular weight is 419 g/mol. The van der Waals surface area contributed by atoms with Gasteiger partial charge in [0.1, 0.15) is 12.0 Å². The minimum Gasteiger partial charge on any atom is -0.393 e. The monoisotopic (exact) mass is 418 g/mol. The molecule has 1 aliphatic rings. The molecule has 1 amide bonds. The first-order valence-electron chi connectivity index (χ1n) is 8.79. The number of nitrogens with two attached hydrogens (primary N) is 1. The van der Waals surface area contributed by atoms with Crippen molar-refractivity contribution in [3.05, 3.63) is 40.6 Å². The fourth-order valence-electron chi connectivity index (χ4n) is 3.21. The van der Waals surface area contributed by atoms with Gasteiger partial charge in [-0.15, -0.1) is 0 Å². The zero-order valence-electron chi connectivity index (χ0n) is 14.7. The van der Waals surface area contributed by atoms with Crippen molar-refractivity contribution in [1.82, 2.24) is 15.4 Å². The van der Waals surface area contributed by atoms with Gasteiger partial charge in [0.05, 0.1) is 0 Å². The number of aromatic nitrogens is 2. The van der Waals surface area contributed by atoms with E-state index in [0.29, 0.717) is 23.1 Å². The van der Waals surface area contributed by atoms with Crippen molar-refractivity contribution in [2.24, 2.45) is 0 Å². The van der Waals surface area contributed by atoms with E-state index in [4.69, 9.17) is 5.73 Å². The van der Waals surface area contributed by atoms with E-state index >= 15 is 0 Å². The highest BCUT2D eigenvalue weighted by Crippen LogP contribution is 2.31. The van der Waals surface area contributed by atoms with Crippen molar-refractivity contribution >= 4 is 39.2 Å². The number of hydrogen-bond acceptors (Lipinski definition) is 6. The average Bonchev–Trinajstić information content (AvgIpc) is 2.67. The molecule has 26 heavy (non-hydrogen) atoms. The van der Waals surface area contributed by atoms with Crippen LogP contribution in [0.2, 0.25) is 0 Å². The Morgan fingerprint density at radius 2 is 2.08 bits per heavy atom. The molecule has 1 atom stereocenters. The van der Waals surface area contributed by atoms with E-state index in [2.05, 4.69) is 48.6 Å². The fraction of sp³-hybridized carbons (Fsp3) is 0.389. The molecule has 1 saturated heterocycles. The summed E-state index contributed by atoms with van der Waals surface area (Å²) in [5, 5.41) is 0. The molecule has 2 aromatic rings. The molecule has 8 heteroatoms. The van der Waals surface area contributed by atoms with Gasteiger partial charge in [0.2, 0.25) is 0 Å². The van der Waals surface area contributed by atoms with Gasteiger partial charge in [0.15, 0.2) is 11.6 Å². The number of nitrogens with zero attached hydrogens (tertiary/aromatic N) is 3. The van der Waals surface area contributed by atoms with Gasteiger partial charge in [-0.1, -0.05) is 22.9 Å². The Labute approximate surface area is 161 Å². The number of nitrogen functional groups attached to an aromatic ring is 1. The zero-order valence-corrected chi connectivity index (χ0v) is 16.3. The number of halogens is 1. The van der Waals surface area contributed by atoms with Crippen molar-refractivity contribution in [1.29, 1.82) is 0 Å². The number of benzene rings is 1. The molecule has 1 unspecified atom stereocenters. The van der Waals surface area contributed by atoms with Crippen LogP contribution in [0.4, 0.5) is 17.3 Å². The highest BCUT2D eigenvalue weighted by Gasteiger charge is 2.25. The van der Waals surface area contributed by atoms with Gasteiger partial charge in [-0.3, -0.25) is 15.6 Å². The molecule has 0 saturated carbocycles. The zero-order chi connectivity index (χ0) is 18.5. The van der Waals surface area contributed by atoms with Crippen LogP contribution in [0, 0.1) is 0 Å². The van der Waals surface area contributed by atoms with Crippen LogP contribution in [0.1, 0.15) is 43.0 Å². The molecular weight excluding hydrogens is 396 g/mol. The van der Waals surface area contributed by atoms with Gasteiger partial charge >= 0.3 is 0 Å². The lowest BCUT2D eigenvalue weighted by Gasteiger charge is -2.36. The second kappa shape index (κ2) is 8.35. The SMILES string of the molecule is CCC1CCCCN1c1ncnc(NNC(=O)c2ccc(Br)cc2)c1N. The number of nitrogens with one attached hydrogen (secondary N) is 2. The lowest BCUT2D eigenvalue weighted by molar-refractivity contribution is 0.0962. The van der Waals surface area contributed by atoms with E-state index in [-0.39, 0.29) is 5.91 Å². The van der Waals surface area contributed by atoms with Gasteiger partial charge in [-0.05, 0) is 49.9 Å². The first-order chi connectivity index (χ1) is 12.6. The Hall–Kier alpha value is -2.35. The predicted octanol–water partition coefficient (Wildman–Crippen LogP) is 3.35. The standard InChI is InChI=1S/C18H23BrN6O/c1-2-14-5-3-4-10-25(14)17-15(20)16(21-11-22-17)23-24-18(26)12-6-8-13(19)9-7-12/h6-9,11,14H,2-5,10,20H2,1H3,(H,24,26)(H,21,22,23). The fourth-order valence-corrected chi connectivity index (χ4v) is 3.47. The summed E-state index contributed by atoms with van der Waals surface area (Å²) >= 11 is 3.35. The van der Waals surface area contributed by atoms with E-state index in [9.17, 15) is 4.79 Å². The number of hydrogen-bond donors (Lipinski definition) is 3. The van der Waals surface area contributed by atoms with Crippen LogP contribution in [0.25, 0.3) is 0 Å².